The van der Waals surface area contributed by atoms with Crippen molar-refractivity contribution >= 4 is 18.3 Å². The van der Waals surface area contributed by atoms with Crippen LogP contribution in [0.3, 0.4) is 0 Å². The number of carbonyl (C=O) groups excluding carboxylic acids is 2. The molecular formula is C16H21NO4. The van der Waals surface area contributed by atoms with Crippen LogP contribution in [0.2, 0.25) is 0 Å². The molecule has 0 spiro atoms. The van der Waals surface area contributed by atoms with Crippen molar-refractivity contribution in [3.8, 4) is 0 Å². The molecule has 0 bridgehead atoms. The summed E-state index contributed by atoms with van der Waals surface area (Å²) in [5, 5.41) is 0. The van der Waals surface area contributed by atoms with E-state index in [2.05, 4.69) is 5.48 Å². The lowest BCUT2D eigenvalue weighted by Gasteiger charge is -2.14. The molecule has 1 aromatic rings. The molecule has 1 amide bonds. The van der Waals surface area contributed by atoms with Crippen molar-refractivity contribution < 1.29 is 19.2 Å². The van der Waals surface area contributed by atoms with Gasteiger partial charge in [-0.15, -0.1) is 0 Å². The molecule has 114 valence electrons. The summed E-state index contributed by atoms with van der Waals surface area (Å²) in [5.74, 6) is 0.0236. The van der Waals surface area contributed by atoms with Gasteiger partial charge in [-0.1, -0.05) is 38.1 Å². The summed E-state index contributed by atoms with van der Waals surface area (Å²) in [4.78, 5) is 27.1. The van der Waals surface area contributed by atoms with Crippen LogP contribution in [-0.2, 0) is 14.4 Å². The molecule has 0 saturated heterocycles. The highest BCUT2D eigenvalue weighted by Crippen LogP contribution is 2.04. The Balaban J connectivity index is 2.35. The van der Waals surface area contributed by atoms with Gasteiger partial charge in [0.05, 0.1) is 6.61 Å². The SMILES string of the molecule is CC(C)COC(C)ONC(=O)/C=C/c1ccc(C=O)cc1. The van der Waals surface area contributed by atoms with E-state index in [1.807, 2.05) is 13.8 Å². The molecule has 1 aromatic carbocycles. The third-order valence-corrected chi connectivity index (χ3v) is 2.49. The molecule has 0 radical (unpaired) electrons. The third-order valence-electron chi connectivity index (χ3n) is 2.49. The molecule has 0 heterocycles. The van der Waals surface area contributed by atoms with Crippen LogP contribution in [0.4, 0.5) is 0 Å². The molecule has 1 rings (SSSR count). The number of rotatable bonds is 8. The lowest BCUT2D eigenvalue weighted by Crippen LogP contribution is -2.29. The van der Waals surface area contributed by atoms with Crippen LogP contribution in [0.5, 0.6) is 0 Å². The molecule has 0 aromatic heterocycles. The lowest BCUT2D eigenvalue weighted by atomic mass is 10.1. The third kappa shape index (κ3) is 7.39. The molecule has 0 aliphatic rings. The molecule has 21 heavy (non-hydrogen) atoms. The number of amides is 1. The second-order valence-corrected chi connectivity index (χ2v) is 5.00. The van der Waals surface area contributed by atoms with E-state index in [0.717, 1.165) is 11.8 Å². The van der Waals surface area contributed by atoms with Crippen LogP contribution in [0, 0.1) is 5.92 Å². The van der Waals surface area contributed by atoms with Crippen molar-refractivity contribution in [1.29, 1.82) is 0 Å². The van der Waals surface area contributed by atoms with Crippen molar-refractivity contribution in [2.45, 2.75) is 27.1 Å². The maximum absolute atomic E-state index is 11.5. The number of nitrogens with one attached hydrogen (secondary N) is 1. The van der Waals surface area contributed by atoms with Crippen LogP contribution >= 0.6 is 0 Å². The van der Waals surface area contributed by atoms with Crippen LogP contribution in [-0.4, -0.2) is 25.1 Å². The number of hydrogen-bond donors (Lipinski definition) is 1. The fourth-order valence-corrected chi connectivity index (χ4v) is 1.39. The highest BCUT2D eigenvalue weighted by Gasteiger charge is 2.05. The average molecular weight is 291 g/mol. The van der Waals surface area contributed by atoms with Crippen LogP contribution in [0.1, 0.15) is 36.7 Å². The number of hydrogen-bond acceptors (Lipinski definition) is 4. The maximum atomic E-state index is 11.5. The minimum atomic E-state index is -0.503. The van der Waals surface area contributed by atoms with Gasteiger partial charge in [-0.05, 0) is 24.5 Å². The van der Waals surface area contributed by atoms with Crippen LogP contribution in [0.15, 0.2) is 30.3 Å². The molecule has 0 saturated carbocycles. The number of benzene rings is 1. The first-order valence-electron chi connectivity index (χ1n) is 6.82. The second kappa shape index (κ2) is 9.05. The van der Waals surface area contributed by atoms with E-state index in [-0.39, 0.29) is 5.91 Å². The Kier molecular flexibility index (Phi) is 7.36. The van der Waals surface area contributed by atoms with Crippen molar-refractivity contribution in [2.24, 2.45) is 5.92 Å². The first-order chi connectivity index (χ1) is 10.0. The molecule has 5 nitrogen and oxygen atoms in total. The molecule has 5 heteroatoms. The smallest absolute Gasteiger partial charge is 0.267 e. The van der Waals surface area contributed by atoms with E-state index in [4.69, 9.17) is 9.57 Å². The zero-order chi connectivity index (χ0) is 15.7. The average Bonchev–Trinajstić information content (AvgIpc) is 2.49. The van der Waals surface area contributed by atoms with Gasteiger partial charge >= 0.3 is 0 Å². The Morgan fingerprint density at radius 2 is 1.81 bits per heavy atom. The van der Waals surface area contributed by atoms with Gasteiger partial charge in [0.2, 0.25) is 0 Å². The summed E-state index contributed by atoms with van der Waals surface area (Å²) >= 11 is 0. The Labute approximate surface area is 124 Å². The predicted molar refractivity (Wildman–Crippen MR) is 80.3 cm³/mol. The van der Waals surface area contributed by atoms with Crippen molar-refractivity contribution in [3.05, 3.63) is 41.5 Å². The van der Waals surface area contributed by atoms with Gasteiger partial charge in [0.25, 0.3) is 5.91 Å². The summed E-state index contributed by atoms with van der Waals surface area (Å²) in [5.41, 5.74) is 3.70. The standard InChI is InChI=1S/C16H21NO4/c1-12(2)11-20-13(3)21-17-16(19)9-8-14-4-6-15(10-18)7-5-14/h4-10,12-13H,11H2,1-3H3,(H,17,19)/b9-8+. The summed E-state index contributed by atoms with van der Waals surface area (Å²) in [7, 11) is 0. The number of carbonyl (C=O) groups is 2. The molecule has 0 fully saturated rings. The Hall–Kier alpha value is -1.98. The number of ether oxygens (including phenoxy) is 1. The number of hydroxylamine groups is 1. The first-order valence-corrected chi connectivity index (χ1v) is 6.82. The van der Waals surface area contributed by atoms with Gasteiger partial charge < -0.3 is 4.74 Å². The number of aldehydes is 1. The fourth-order valence-electron chi connectivity index (χ4n) is 1.39. The highest BCUT2D eigenvalue weighted by molar-refractivity contribution is 5.91. The second-order valence-electron chi connectivity index (χ2n) is 5.00. The normalized spacial score (nSPS) is 12.6. The van der Waals surface area contributed by atoms with E-state index in [9.17, 15) is 9.59 Å². The zero-order valence-electron chi connectivity index (χ0n) is 12.5. The van der Waals surface area contributed by atoms with Crippen molar-refractivity contribution in [2.75, 3.05) is 6.61 Å². The summed E-state index contributed by atoms with van der Waals surface area (Å²) in [6.45, 7) is 6.34. The fraction of sp³-hybridized carbons (Fsp3) is 0.375. The van der Waals surface area contributed by atoms with Gasteiger partial charge in [0.15, 0.2) is 6.29 Å². The molecule has 1 unspecified atom stereocenters. The minimum absolute atomic E-state index is 0.380. The van der Waals surface area contributed by atoms with Crippen molar-refractivity contribution in [3.63, 3.8) is 0 Å². The zero-order valence-corrected chi connectivity index (χ0v) is 12.5. The van der Waals surface area contributed by atoms with Crippen molar-refractivity contribution in [1.82, 2.24) is 5.48 Å². The molecule has 0 aliphatic carbocycles. The summed E-state index contributed by atoms with van der Waals surface area (Å²) in [6.07, 6.45) is 3.25. The summed E-state index contributed by atoms with van der Waals surface area (Å²) in [6, 6.07) is 6.87. The van der Waals surface area contributed by atoms with Gasteiger partial charge in [-0.25, -0.2) is 10.3 Å². The minimum Gasteiger partial charge on any atom is -0.350 e. The van der Waals surface area contributed by atoms with Gasteiger partial charge in [-0.3, -0.25) is 9.59 Å². The molecule has 1 N–H and O–H groups in total. The topological polar surface area (TPSA) is 64.6 Å². The first kappa shape index (κ1) is 17.1. The quantitative estimate of drug-likeness (QED) is 0.346. The van der Waals surface area contributed by atoms with E-state index < -0.39 is 6.29 Å². The molecule has 1 atom stereocenters. The van der Waals surface area contributed by atoms with Gasteiger partial charge in [0.1, 0.15) is 6.29 Å². The highest BCUT2D eigenvalue weighted by atomic mass is 16.8. The Morgan fingerprint density at radius 3 is 2.38 bits per heavy atom. The van der Waals surface area contributed by atoms with E-state index in [1.54, 1.807) is 37.3 Å². The monoisotopic (exact) mass is 291 g/mol. The Morgan fingerprint density at radius 1 is 1.19 bits per heavy atom. The Bertz CT molecular complexity index is 480. The molecule has 0 aliphatic heterocycles. The van der Waals surface area contributed by atoms with E-state index in [0.29, 0.717) is 18.1 Å². The van der Waals surface area contributed by atoms with Crippen LogP contribution in [0.25, 0.3) is 6.08 Å². The predicted octanol–water partition coefficient (Wildman–Crippen LogP) is 2.58. The van der Waals surface area contributed by atoms with E-state index >= 15 is 0 Å². The van der Waals surface area contributed by atoms with Gasteiger partial charge in [0, 0.05) is 11.6 Å². The largest absolute Gasteiger partial charge is 0.350 e. The van der Waals surface area contributed by atoms with Gasteiger partial charge in [-0.2, -0.15) is 0 Å². The summed E-state index contributed by atoms with van der Waals surface area (Å²) < 4.78 is 5.35. The van der Waals surface area contributed by atoms with E-state index in [1.165, 1.54) is 6.08 Å². The van der Waals surface area contributed by atoms with Crippen LogP contribution < -0.4 is 5.48 Å². The lowest BCUT2D eigenvalue weighted by molar-refractivity contribution is -0.180. The maximum Gasteiger partial charge on any atom is 0.267 e. The molecular weight excluding hydrogens is 270 g/mol.